The predicted molar refractivity (Wildman–Crippen MR) is 48.4 cm³/mol. The smallest absolute Gasteiger partial charge is 0.140 e. The maximum atomic E-state index is 13.0. The van der Waals surface area contributed by atoms with Gasteiger partial charge in [-0.2, -0.15) is 5.26 Å². The summed E-state index contributed by atoms with van der Waals surface area (Å²) in [6.07, 6.45) is 0.142. The molecule has 0 heterocycles. The molecule has 0 saturated heterocycles. The Morgan fingerprint density at radius 2 is 2.27 bits per heavy atom. The van der Waals surface area contributed by atoms with Crippen LogP contribution in [0.5, 0.6) is 0 Å². The second-order valence-corrected chi connectivity index (χ2v) is 3.21. The van der Waals surface area contributed by atoms with E-state index in [9.17, 15) is 4.39 Å². The van der Waals surface area contributed by atoms with E-state index in [2.05, 4.69) is 0 Å². The molecule has 1 aromatic carbocycles. The van der Waals surface area contributed by atoms with Crippen LogP contribution >= 0.6 is 22.6 Å². The third-order valence-electron chi connectivity index (χ3n) is 1.30. The minimum absolute atomic E-state index is 0.142. The van der Waals surface area contributed by atoms with Crippen molar-refractivity contribution in [2.24, 2.45) is 0 Å². The molecule has 0 bridgehead atoms. The zero-order valence-electron chi connectivity index (χ0n) is 5.64. The van der Waals surface area contributed by atoms with Gasteiger partial charge in [-0.05, 0) is 28.7 Å². The fourth-order valence-electron chi connectivity index (χ4n) is 0.770. The largest absolute Gasteiger partial charge is 0.205 e. The van der Waals surface area contributed by atoms with Gasteiger partial charge in [-0.1, -0.05) is 12.1 Å². The summed E-state index contributed by atoms with van der Waals surface area (Å²) in [6, 6.07) is 6.96. The monoisotopic (exact) mass is 261 g/mol. The van der Waals surface area contributed by atoms with E-state index in [0.717, 1.165) is 0 Å². The number of nitrogens with zero attached hydrogens (tertiary/aromatic N) is 1. The van der Waals surface area contributed by atoms with Gasteiger partial charge in [-0.25, -0.2) is 4.39 Å². The van der Waals surface area contributed by atoms with Crippen molar-refractivity contribution < 1.29 is 4.39 Å². The molecule has 56 valence electrons. The van der Waals surface area contributed by atoms with Crippen LogP contribution in [-0.4, -0.2) is 0 Å². The minimum Gasteiger partial charge on any atom is -0.205 e. The second-order valence-electron chi connectivity index (χ2n) is 2.05. The van der Waals surface area contributed by atoms with Crippen molar-refractivity contribution in [3.63, 3.8) is 0 Å². The lowest BCUT2D eigenvalue weighted by atomic mass is 10.1. The van der Waals surface area contributed by atoms with Gasteiger partial charge in [0.1, 0.15) is 5.82 Å². The molecule has 1 nitrogen and oxygen atoms in total. The fraction of sp³-hybridized carbons (Fsp3) is 0.125. The molecule has 0 fully saturated rings. The molecule has 11 heavy (non-hydrogen) atoms. The van der Waals surface area contributed by atoms with Crippen molar-refractivity contribution in [3.8, 4) is 6.07 Å². The Bertz CT molecular complexity index is 303. The van der Waals surface area contributed by atoms with Crippen molar-refractivity contribution in [2.45, 2.75) is 6.42 Å². The lowest BCUT2D eigenvalue weighted by Gasteiger charge is -1.97. The summed E-state index contributed by atoms with van der Waals surface area (Å²) in [7, 11) is 0. The Morgan fingerprint density at radius 3 is 2.91 bits per heavy atom. The predicted octanol–water partition coefficient (Wildman–Crippen LogP) is 2.50. The quantitative estimate of drug-likeness (QED) is 0.712. The minimum atomic E-state index is -0.269. The molecule has 0 saturated carbocycles. The first kappa shape index (κ1) is 8.47. The summed E-state index contributed by atoms with van der Waals surface area (Å²) in [4.78, 5) is 0. The molecule has 0 radical (unpaired) electrons. The third kappa shape index (κ3) is 1.90. The average molecular weight is 261 g/mol. The number of hydrogen-bond acceptors (Lipinski definition) is 1. The first-order valence-electron chi connectivity index (χ1n) is 3.05. The van der Waals surface area contributed by atoms with E-state index < -0.39 is 0 Å². The Balaban J connectivity index is 3.08. The first-order valence-corrected chi connectivity index (χ1v) is 4.13. The molecule has 0 aliphatic heterocycles. The third-order valence-corrected chi connectivity index (χ3v) is 2.13. The van der Waals surface area contributed by atoms with Gasteiger partial charge in [0.25, 0.3) is 0 Å². The van der Waals surface area contributed by atoms with Crippen LogP contribution in [-0.2, 0) is 6.42 Å². The molecule has 0 aliphatic carbocycles. The van der Waals surface area contributed by atoms with Gasteiger partial charge in [-0.15, -0.1) is 0 Å². The van der Waals surface area contributed by atoms with E-state index in [1.165, 1.54) is 0 Å². The van der Waals surface area contributed by atoms with Crippen molar-refractivity contribution in [1.29, 1.82) is 5.26 Å². The highest BCUT2D eigenvalue weighted by Crippen LogP contribution is 2.14. The van der Waals surface area contributed by atoms with Gasteiger partial charge >= 0.3 is 0 Å². The zero-order chi connectivity index (χ0) is 8.27. The molecule has 0 unspecified atom stereocenters. The maximum Gasteiger partial charge on any atom is 0.140 e. The summed E-state index contributed by atoms with van der Waals surface area (Å²) in [5.41, 5.74) is 0.472. The Kier molecular flexibility index (Phi) is 2.83. The topological polar surface area (TPSA) is 23.8 Å². The molecular formula is C8H5FIN. The SMILES string of the molecule is N#CCc1cccc(I)c1F. The molecule has 0 atom stereocenters. The van der Waals surface area contributed by atoms with Crippen LogP contribution in [0.25, 0.3) is 0 Å². The van der Waals surface area contributed by atoms with Crippen LogP contribution in [0.1, 0.15) is 5.56 Å². The van der Waals surface area contributed by atoms with Crippen LogP contribution in [0.15, 0.2) is 18.2 Å². The average Bonchev–Trinajstić information content (AvgIpc) is 1.99. The van der Waals surface area contributed by atoms with Gasteiger partial charge in [0.2, 0.25) is 0 Å². The Morgan fingerprint density at radius 1 is 1.55 bits per heavy atom. The zero-order valence-corrected chi connectivity index (χ0v) is 7.80. The van der Waals surface area contributed by atoms with E-state index in [1.54, 1.807) is 18.2 Å². The van der Waals surface area contributed by atoms with Crippen molar-refractivity contribution >= 4 is 22.6 Å². The summed E-state index contributed by atoms with van der Waals surface area (Å²) < 4.78 is 13.6. The van der Waals surface area contributed by atoms with Gasteiger partial charge in [0.05, 0.1) is 12.5 Å². The number of nitriles is 1. The van der Waals surface area contributed by atoms with Crippen LogP contribution in [0.4, 0.5) is 4.39 Å². The lowest BCUT2D eigenvalue weighted by Crippen LogP contribution is -1.90. The highest BCUT2D eigenvalue weighted by atomic mass is 127. The second kappa shape index (κ2) is 3.67. The first-order chi connectivity index (χ1) is 5.25. The van der Waals surface area contributed by atoms with Gasteiger partial charge < -0.3 is 0 Å². The Labute approximate surface area is 78.0 Å². The summed E-state index contributed by atoms with van der Waals surface area (Å²) >= 11 is 1.91. The van der Waals surface area contributed by atoms with E-state index in [-0.39, 0.29) is 12.2 Å². The normalized spacial score (nSPS) is 9.18. The molecule has 1 rings (SSSR count). The lowest BCUT2D eigenvalue weighted by molar-refractivity contribution is 0.608. The highest BCUT2D eigenvalue weighted by Gasteiger charge is 2.03. The van der Waals surface area contributed by atoms with Crippen LogP contribution in [0, 0.1) is 20.7 Å². The van der Waals surface area contributed by atoms with Gasteiger partial charge in [0.15, 0.2) is 0 Å². The maximum absolute atomic E-state index is 13.0. The molecule has 0 spiro atoms. The molecule has 0 amide bonds. The molecule has 0 aliphatic rings. The molecule has 0 aromatic heterocycles. The highest BCUT2D eigenvalue weighted by molar-refractivity contribution is 14.1. The van der Waals surface area contributed by atoms with E-state index in [1.807, 2.05) is 28.7 Å². The van der Waals surface area contributed by atoms with Crippen molar-refractivity contribution in [3.05, 3.63) is 33.1 Å². The van der Waals surface area contributed by atoms with Crippen LogP contribution in [0.3, 0.4) is 0 Å². The van der Waals surface area contributed by atoms with Crippen molar-refractivity contribution in [2.75, 3.05) is 0 Å². The summed E-state index contributed by atoms with van der Waals surface area (Å²) in [5, 5.41) is 8.32. The Hall–Kier alpha value is -0.630. The summed E-state index contributed by atoms with van der Waals surface area (Å²) in [5.74, 6) is -0.269. The van der Waals surface area contributed by atoms with Crippen LogP contribution in [0.2, 0.25) is 0 Å². The fourth-order valence-corrected chi connectivity index (χ4v) is 1.32. The van der Waals surface area contributed by atoms with E-state index >= 15 is 0 Å². The van der Waals surface area contributed by atoms with Crippen molar-refractivity contribution in [1.82, 2.24) is 0 Å². The molecule has 0 N–H and O–H groups in total. The molecular weight excluding hydrogens is 256 g/mol. The number of rotatable bonds is 1. The van der Waals surface area contributed by atoms with Gasteiger partial charge in [0, 0.05) is 9.13 Å². The van der Waals surface area contributed by atoms with Crippen LogP contribution < -0.4 is 0 Å². The number of halogens is 2. The number of hydrogen-bond donors (Lipinski definition) is 0. The molecule has 1 aromatic rings. The number of benzene rings is 1. The van der Waals surface area contributed by atoms with E-state index in [0.29, 0.717) is 9.13 Å². The standard InChI is InChI=1S/C8H5FIN/c9-8-6(4-5-11)2-1-3-7(8)10/h1-3H,4H2. The van der Waals surface area contributed by atoms with E-state index in [4.69, 9.17) is 5.26 Å². The summed E-state index contributed by atoms with van der Waals surface area (Å²) in [6.45, 7) is 0. The molecule has 3 heteroatoms. The van der Waals surface area contributed by atoms with Gasteiger partial charge in [-0.3, -0.25) is 0 Å².